The topological polar surface area (TPSA) is 74.6 Å². The summed E-state index contributed by atoms with van der Waals surface area (Å²) in [5.74, 6) is 0. The molecule has 92 valence electrons. The number of rotatable bonds is 2. The van der Waals surface area contributed by atoms with Crippen LogP contribution >= 0.6 is 55.1 Å². The predicted octanol–water partition coefficient (Wildman–Crippen LogP) is 4.61. The van der Waals surface area contributed by atoms with Crippen LogP contribution in [0.2, 0.25) is 0 Å². The van der Waals surface area contributed by atoms with Crippen LogP contribution in [0.4, 0.5) is 9.59 Å². The average Bonchev–Trinajstić information content (AvgIpc) is 2.02. The van der Waals surface area contributed by atoms with E-state index >= 15 is 0 Å². The fourth-order valence-electron chi connectivity index (χ4n) is 0.0357. The zero-order valence-corrected chi connectivity index (χ0v) is 12.8. The Morgan fingerprint density at radius 2 is 1.20 bits per heavy atom. The van der Waals surface area contributed by atoms with Gasteiger partial charge in [0.1, 0.15) is 0 Å². The van der Waals surface area contributed by atoms with Crippen LogP contribution in [-0.4, -0.2) is 31.7 Å². The Bertz CT molecular complexity index is 162. The largest absolute Gasteiger partial charge is 0.469 e. The van der Waals surface area contributed by atoms with Gasteiger partial charge in [-0.25, -0.2) is 9.59 Å². The minimum atomic E-state index is -1.36. The second-order valence-electron chi connectivity index (χ2n) is 2.94. The zero-order valence-electron chi connectivity index (χ0n) is 8.14. The Kier molecular flexibility index (Phi) is 17.4. The minimum Gasteiger partial charge on any atom is -0.469 e. The van der Waals surface area contributed by atoms with Gasteiger partial charge in [0.2, 0.25) is 0 Å². The molecule has 2 N–H and O–H groups in total. The van der Waals surface area contributed by atoms with E-state index in [2.05, 4.69) is 68.9 Å². The van der Waals surface area contributed by atoms with Crippen LogP contribution in [0, 0.1) is 5.41 Å². The van der Waals surface area contributed by atoms with Crippen LogP contribution in [0.1, 0.15) is 13.8 Å². The van der Waals surface area contributed by atoms with E-state index in [1.165, 1.54) is 0 Å². The van der Waals surface area contributed by atoms with Crippen molar-refractivity contribution in [3.8, 4) is 0 Å². The monoisotopic (exact) mass is 388 g/mol. The molecular weight excluding hydrogens is 379 g/mol. The van der Waals surface area contributed by atoms with E-state index in [4.69, 9.17) is 19.8 Å². The normalized spacial score (nSPS) is 8.93. The standard InChI is InChI=1S/C5H10Br2.2CHClO2/c1-5(2,3-6)4-7;2*2-1(3)4/h3-4H2,1-2H3;2*(H,3,4). The lowest BCUT2D eigenvalue weighted by atomic mass is 10.0. The SMILES string of the molecule is CC(C)(CBr)CBr.O=C(O)Cl.O=C(O)Cl. The van der Waals surface area contributed by atoms with Gasteiger partial charge in [0.15, 0.2) is 0 Å². The fourth-order valence-corrected chi connectivity index (χ4v) is 0.964. The molecule has 0 aliphatic rings. The third-order valence-electron chi connectivity index (χ3n) is 0.724. The van der Waals surface area contributed by atoms with E-state index < -0.39 is 10.9 Å². The smallest absolute Gasteiger partial charge is 0.401 e. The van der Waals surface area contributed by atoms with Crippen molar-refractivity contribution in [2.75, 3.05) is 10.7 Å². The Labute approximate surface area is 115 Å². The molecule has 0 spiro atoms. The molecule has 0 aromatic heterocycles. The highest BCUT2D eigenvalue weighted by atomic mass is 79.9. The number of halogens is 4. The molecule has 0 heterocycles. The molecule has 0 aliphatic carbocycles. The average molecular weight is 391 g/mol. The van der Waals surface area contributed by atoms with Crippen LogP contribution in [0.3, 0.4) is 0 Å². The first-order chi connectivity index (χ1) is 6.59. The molecule has 0 radical (unpaired) electrons. The second kappa shape index (κ2) is 12.5. The van der Waals surface area contributed by atoms with Crippen molar-refractivity contribution in [3.63, 3.8) is 0 Å². The highest BCUT2D eigenvalue weighted by Gasteiger charge is 2.12. The highest BCUT2D eigenvalue weighted by Crippen LogP contribution is 2.19. The van der Waals surface area contributed by atoms with Crippen molar-refractivity contribution in [1.29, 1.82) is 0 Å². The van der Waals surface area contributed by atoms with Crippen molar-refractivity contribution >= 4 is 65.9 Å². The first-order valence-corrected chi connectivity index (χ1v) is 6.47. The maximum Gasteiger partial charge on any atom is 0.401 e. The number of hydrogen-bond acceptors (Lipinski definition) is 2. The minimum absolute atomic E-state index is 0.417. The summed E-state index contributed by atoms with van der Waals surface area (Å²) < 4.78 is 0. The van der Waals surface area contributed by atoms with E-state index in [1.807, 2.05) is 0 Å². The van der Waals surface area contributed by atoms with E-state index in [9.17, 15) is 0 Å². The molecule has 0 amide bonds. The van der Waals surface area contributed by atoms with Crippen molar-refractivity contribution < 1.29 is 19.8 Å². The third kappa shape index (κ3) is 53.7. The van der Waals surface area contributed by atoms with E-state index in [0.29, 0.717) is 5.41 Å². The molecule has 0 bridgehead atoms. The Balaban J connectivity index is -0.000000155. The molecule has 0 rings (SSSR count). The van der Waals surface area contributed by atoms with Gasteiger partial charge in [0, 0.05) is 33.9 Å². The molecule has 0 aromatic rings. The number of carbonyl (C=O) groups is 2. The van der Waals surface area contributed by atoms with Crippen LogP contribution in [0.5, 0.6) is 0 Å². The zero-order chi connectivity index (χ0) is 13.1. The maximum atomic E-state index is 8.77. The summed E-state index contributed by atoms with van der Waals surface area (Å²) in [4.78, 5) is 17.5. The number of alkyl halides is 2. The third-order valence-corrected chi connectivity index (χ3v) is 3.76. The van der Waals surface area contributed by atoms with Gasteiger partial charge in [-0.2, -0.15) is 0 Å². The molecule has 0 saturated carbocycles. The Morgan fingerprint density at radius 3 is 1.20 bits per heavy atom. The lowest BCUT2D eigenvalue weighted by molar-refractivity contribution is 0.219. The molecule has 0 aromatic carbocycles. The van der Waals surface area contributed by atoms with Gasteiger partial charge < -0.3 is 10.2 Å². The van der Waals surface area contributed by atoms with E-state index in [-0.39, 0.29) is 0 Å². The second-order valence-corrected chi connectivity index (χ2v) is 4.71. The van der Waals surface area contributed by atoms with Gasteiger partial charge in [-0.05, 0) is 5.41 Å². The first kappa shape index (κ1) is 20.8. The quantitative estimate of drug-likeness (QED) is 0.533. The molecule has 8 heteroatoms. The molecule has 0 fully saturated rings. The van der Waals surface area contributed by atoms with Gasteiger partial charge in [-0.3, -0.25) is 0 Å². The summed E-state index contributed by atoms with van der Waals surface area (Å²) in [6, 6.07) is 0. The summed E-state index contributed by atoms with van der Waals surface area (Å²) in [5, 5.41) is 16.5. The summed E-state index contributed by atoms with van der Waals surface area (Å²) in [6.07, 6.45) is 0. The first-order valence-electron chi connectivity index (χ1n) is 3.48. The molecule has 4 nitrogen and oxygen atoms in total. The van der Waals surface area contributed by atoms with Gasteiger partial charge >= 0.3 is 10.9 Å². The fraction of sp³-hybridized carbons (Fsp3) is 0.714. The molecule has 0 atom stereocenters. The maximum absolute atomic E-state index is 8.77. The molecular formula is C7H12Br2Cl2O4. The van der Waals surface area contributed by atoms with Crippen molar-refractivity contribution in [2.24, 2.45) is 5.41 Å². The van der Waals surface area contributed by atoms with Crippen LogP contribution < -0.4 is 0 Å². The van der Waals surface area contributed by atoms with Gasteiger partial charge in [-0.15, -0.1) is 0 Å². The predicted molar refractivity (Wildman–Crippen MR) is 69.1 cm³/mol. The van der Waals surface area contributed by atoms with Gasteiger partial charge in [0.25, 0.3) is 0 Å². The number of carboxylic acid groups (broad SMARTS) is 2. The number of hydrogen-bond donors (Lipinski definition) is 2. The van der Waals surface area contributed by atoms with Crippen LogP contribution in [0.25, 0.3) is 0 Å². The van der Waals surface area contributed by atoms with Crippen LogP contribution in [-0.2, 0) is 0 Å². The molecule has 0 aliphatic heterocycles. The lowest BCUT2D eigenvalue weighted by Crippen LogP contribution is -2.13. The Hall–Kier alpha value is 0.480. The summed E-state index contributed by atoms with van der Waals surface area (Å²) >= 11 is 15.2. The summed E-state index contributed by atoms with van der Waals surface area (Å²) in [5.41, 5.74) is -2.31. The van der Waals surface area contributed by atoms with E-state index in [0.717, 1.165) is 10.7 Å². The highest BCUT2D eigenvalue weighted by molar-refractivity contribution is 9.09. The Morgan fingerprint density at radius 1 is 1.07 bits per heavy atom. The molecule has 15 heavy (non-hydrogen) atoms. The summed E-state index contributed by atoms with van der Waals surface area (Å²) in [7, 11) is 0. The van der Waals surface area contributed by atoms with Crippen molar-refractivity contribution in [1.82, 2.24) is 0 Å². The summed E-state index contributed by atoms with van der Waals surface area (Å²) in [6.45, 7) is 4.41. The van der Waals surface area contributed by atoms with Crippen molar-refractivity contribution in [3.05, 3.63) is 0 Å². The van der Waals surface area contributed by atoms with E-state index in [1.54, 1.807) is 0 Å². The van der Waals surface area contributed by atoms with Crippen LogP contribution in [0.15, 0.2) is 0 Å². The van der Waals surface area contributed by atoms with Gasteiger partial charge in [-0.1, -0.05) is 45.7 Å². The van der Waals surface area contributed by atoms with Gasteiger partial charge in [0.05, 0.1) is 0 Å². The van der Waals surface area contributed by atoms with Crippen molar-refractivity contribution in [2.45, 2.75) is 13.8 Å². The molecule has 0 unspecified atom stereocenters. The lowest BCUT2D eigenvalue weighted by Gasteiger charge is -2.16. The molecule has 0 saturated heterocycles.